The predicted molar refractivity (Wildman–Crippen MR) is 60.6 cm³/mol. The molecule has 0 aromatic rings. The van der Waals surface area contributed by atoms with Gasteiger partial charge in [-0.15, -0.1) is 0 Å². The van der Waals surface area contributed by atoms with Crippen molar-refractivity contribution in [1.82, 2.24) is 10.2 Å². The van der Waals surface area contributed by atoms with Crippen molar-refractivity contribution in [2.24, 2.45) is 5.73 Å². The summed E-state index contributed by atoms with van der Waals surface area (Å²) >= 11 is 0. The molecule has 0 bridgehead atoms. The van der Waals surface area contributed by atoms with Crippen molar-refractivity contribution in [2.75, 3.05) is 33.9 Å². The molecule has 0 aromatic carbocycles. The lowest BCUT2D eigenvalue weighted by molar-refractivity contribution is -0.123. The lowest BCUT2D eigenvalue weighted by Crippen LogP contribution is -2.45. The zero-order chi connectivity index (χ0) is 11.8. The minimum atomic E-state index is -0.570. The second-order valence-electron chi connectivity index (χ2n) is 3.93. The number of likely N-dealkylation sites (N-methyl/N-ethyl adjacent to an activating group) is 1. The second kappa shape index (κ2) is 7.62. The largest absolute Gasteiger partial charge is 0.383 e. The Hall–Kier alpha value is -0.650. The Morgan fingerprint density at radius 3 is 2.60 bits per heavy atom. The summed E-state index contributed by atoms with van der Waals surface area (Å²) in [4.78, 5) is 13.5. The van der Waals surface area contributed by atoms with Crippen LogP contribution in [0.25, 0.3) is 0 Å². The first-order valence-electron chi connectivity index (χ1n) is 5.21. The summed E-state index contributed by atoms with van der Waals surface area (Å²) in [5.74, 6) is -0.158. The molecule has 0 saturated heterocycles. The summed E-state index contributed by atoms with van der Waals surface area (Å²) in [5.41, 5.74) is 5.55. The van der Waals surface area contributed by atoms with Crippen LogP contribution in [0.1, 0.15) is 13.8 Å². The molecular weight excluding hydrogens is 194 g/mol. The first kappa shape index (κ1) is 14.3. The van der Waals surface area contributed by atoms with Gasteiger partial charge < -0.3 is 20.7 Å². The smallest absolute Gasteiger partial charge is 0.239 e. The zero-order valence-electron chi connectivity index (χ0n) is 10.1. The van der Waals surface area contributed by atoms with Crippen LogP contribution in [0.15, 0.2) is 0 Å². The third kappa shape index (κ3) is 6.43. The molecule has 0 saturated carbocycles. The van der Waals surface area contributed by atoms with E-state index in [4.69, 9.17) is 10.5 Å². The van der Waals surface area contributed by atoms with E-state index in [0.717, 1.165) is 6.54 Å². The minimum absolute atomic E-state index is 0.158. The van der Waals surface area contributed by atoms with Crippen molar-refractivity contribution in [2.45, 2.75) is 25.9 Å². The fourth-order valence-corrected chi connectivity index (χ4v) is 1.000. The van der Waals surface area contributed by atoms with Gasteiger partial charge >= 0.3 is 0 Å². The second-order valence-corrected chi connectivity index (χ2v) is 3.93. The highest BCUT2D eigenvalue weighted by Gasteiger charge is 2.12. The molecule has 0 heterocycles. The number of nitrogens with two attached hydrogens (primary N) is 1. The van der Waals surface area contributed by atoms with Crippen LogP contribution in [0.4, 0.5) is 0 Å². The molecular formula is C10H23N3O2. The van der Waals surface area contributed by atoms with Crippen molar-refractivity contribution >= 4 is 5.91 Å². The van der Waals surface area contributed by atoms with E-state index in [1.165, 1.54) is 7.11 Å². The molecule has 3 N–H and O–H groups in total. The molecule has 15 heavy (non-hydrogen) atoms. The van der Waals surface area contributed by atoms with Crippen LogP contribution in [-0.4, -0.2) is 56.7 Å². The van der Waals surface area contributed by atoms with E-state index in [1.807, 2.05) is 7.05 Å². The number of rotatable bonds is 7. The molecule has 0 aliphatic rings. The van der Waals surface area contributed by atoms with Crippen LogP contribution < -0.4 is 11.1 Å². The van der Waals surface area contributed by atoms with E-state index in [0.29, 0.717) is 12.6 Å². The summed E-state index contributed by atoms with van der Waals surface area (Å²) in [5, 5.41) is 2.77. The molecule has 1 unspecified atom stereocenters. The number of ether oxygens (including phenoxy) is 1. The molecule has 5 heteroatoms. The quantitative estimate of drug-likeness (QED) is 0.598. The number of amides is 1. The first-order chi connectivity index (χ1) is 6.99. The molecule has 0 spiro atoms. The molecule has 1 atom stereocenters. The van der Waals surface area contributed by atoms with E-state index >= 15 is 0 Å². The highest BCUT2D eigenvalue weighted by molar-refractivity contribution is 5.81. The van der Waals surface area contributed by atoms with Gasteiger partial charge in [-0.25, -0.2) is 0 Å². The highest BCUT2D eigenvalue weighted by atomic mass is 16.5. The Morgan fingerprint density at radius 1 is 1.53 bits per heavy atom. The highest BCUT2D eigenvalue weighted by Crippen LogP contribution is 1.91. The zero-order valence-corrected chi connectivity index (χ0v) is 10.1. The molecule has 0 rings (SSSR count). The van der Waals surface area contributed by atoms with E-state index in [-0.39, 0.29) is 12.5 Å². The Kier molecular flexibility index (Phi) is 7.29. The van der Waals surface area contributed by atoms with Gasteiger partial charge in [-0.2, -0.15) is 0 Å². The molecule has 5 nitrogen and oxygen atoms in total. The van der Waals surface area contributed by atoms with Crippen molar-refractivity contribution in [1.29, 1.82) is 0 Å². The summed E-state index contributed by atoms with van der Waals surface area (Å²) in [7, 11) is 3.55. The van der Waals surface area contributed by atoms with Crippen LogP contribution in [0.3, 0.4) is 0 Å². The lowest BCUT2D eigenvalue weighted by Gasteiger charge is -2.21. The normalized spacial score (nSPS) is 13.3. The number of hydrogen-bond donors (Lipinski definition) is 2. The van der Waals surface area contributed by atoms with Crippen molar-refractivity contribution in [3.05, 3.63) is 0 Å². The van der Waals surface area contributed by atoms with Gasteiger partial charge in [-0.1, -0.05) is 0 Å². The number of carbonyl (C=O) groups excluding carboxylic acids is 1. The average molecular weight is 217 g/mol. The van der Waals surface area contributed by atoms with Gasteiger partial charge in [0.25, 0.3) is 0 Å². The van der Waals surface area contributed by atoms with Crippen molar-refractivity contribution < 1.29 is 9.53 Å². The summed E-state index contributed by atoms with van der Waals surface area (Å²) in [6.07, 6.45) is 0. The lowest BCUT2D eigenvalue weighted by atomic mass is 10.3. The van der Waals surface area contributed by atoms with Gasteiger partial charge in [0.2, 0.25) is 5.91 Å². The maximum absolute atomic E-state index is 11.3. The standard InChI is InChI=1S/C10H23N3O2/c1-8(2)13(3)6-5-12-10(14)9(11)7-15-4/h8-9H,5-7,11H2,1-4H3,(H,12,14). The fourth-order valence-electron chi connectivity index (χ4n) is 1.000. The molecule has 0 aromatic heterocycles. The monoisotopic (exact) mass is 217 g/mol. The summed E-state index contributed by atoms with van der Waals surface area (Å²) in [6.45, 7) is 5.91. The van der Waals surface area contributed by atoms with E-state index in [2.05, 4.69) is 24.1 Å². The Morgan fingerprint density at radius 2 is 2.13 bits per heavy atom. The molecule has 0 fully saturated rings. The van der Waals surface area contributed by atoms with Crippen LogP contribution in [0.5, 0.6) is 0 Å². The topological polar surface area (TPSA) is 67.6 Å². The number of carbonyl (C=O) groups is 1. The number of hydrogen-bond acceptors (Lipinski definition) is 4. The molecule has 0 aliphatic carbocycles. The first-order valence-corrected chi connectivity index (χ1v) is 5.21. The molecule has 1 amide bonds. The van der Waals surface area contributed by atoms with Gasteiger partial charge in [0.1, 0.15) is 6.04 Å². The van der Waals surface area contributed by atoms with E-state index in [9.17, 15) is 4.79 Å². The molecule has 90 valence electrons. The van der Waals surface area contributed by atoms with Crippen LogP contribution >= 0.6 is 0 Å². The Bertz CT molecular complexity index is 186. The van der Waals surface area contributed by atoms with Crippen molar-refractivity contribution in [3.63, 3.8) is 0 Å². The third-order valence-electron chi connectivity index (χ3n) is 2.33. The van der Waals surface area contributed by atoms with Gasteiger partial charge in [0, 0.05) is 26.2 Å². The van der Waals surface area contributed by atoms with E-state index < -0.39 is 6.04 Å². The van der Waals surface area contributed by atoms with Crippen LogP contribution in [-0.2, 0) is 9.53 Å². The summed E-state index contributed by atoms with van der Waals surface area (Å²) < 4.78 is 4.79. The minimum Gasteiger partial charge on any atom is -0.383 e. The number of methoxy groups -OCH3 is 1. The third-order valence-corrected chi connectivity index (χ3v) is 2.33. The Labute approximate surface area is 91.9 Å². The summed E-state index contributed by atoms with van der Waals surface area (Å²) in [6, 6.07) is -0.0890. The predicted octanol–water partition coefficient (Wildman–Crippen LogP) is -0.583. The average Bonchev–Trinajstić information content (AvgIpc) is 2.17. The van der Waals surface area contributed by atoms with Gasteiger partial charge in [-0.3, -0.25) is 4.79 Å². The number of nitrogens with one attached hydrogen (secondary N) is 1. The van der Waals surface area contributed by atoms with Crippen LogP contribution in [0, 0.1) is 0 Å². The van der Waals surface area contributed by atoms with Crippen molar-refractivity contribution in [3.8, 4) is 0 Å². The molecule has 0 radical (unpaired) electrons. The SMILES string of the molecule is COCC(N)C(=O)NCCN(C)C(C)C. The fraction of sp³-hybridized carbons (Fsp3) is 0.900. The van der Waals surface area contributed by atoms with Gasteiger partial charge in [-0.05, 0) is 20.9 Å². The van der Waals surface area contributed by atoms with Crippen LogP contribution in [0.2, 0.25) is 0 Å². The molecule has 0 aliphatic heterocycles. The van der Waals surface area contributed by atoms with Gasteiger partial charge in [0.15, 0.2) is 0 Å². The maximum Gasteiger partial charge on any atom is 0.239 e. The number of nitrogens with zero attached hydrogens (tertiary/aromatic N) is 1. The van der Waals surface area contributed by atoms with Gasteiger partial charge in [0.05, 0.1) is 6.61 Å². The maximum atomic E-state index is 11.3. The van der Waals surface area contributed by atoms with E-state index in [1.54, 1.807) is 0 Å². The Balaban J connectivity index is 3.63.